The van der Waals surface area contributed by atoms with Gasteiger partial charge in [0.15, 0.2) is 0 Å². The number of ether oxygens (including phenoxy) is 1. The van der Waals surface area contributed by atoms with Gasteiger partial charge in [-0.05, 0) is 32.5 Å². The Morgan fingerprint density at radius 2 is 2.22 bits per heavy atom. The predicted octanol–water partition coefficient (Wildman–Crippen LogP) is 2.16. The van der Waals surface area contributed by atoms with E-state index in [0.29, 0.717) is 13.2 Å². The van der Waals surface area contributed by atoms with Crippen LogP contribution in [0.2, 0.25) is 0 Å². The lowest BCUT2D eigenvalue weighted by Crippen LogP contribution is -2.48. The van der Waals surface area contributed by atoms with Gasteiger partial charge in [-0.25, -0.2) is 4.39 Å². The van der Waals surface area contributed by atoms with Crippen molar-refractivity contribution in [1.29, 1.82) is 0 Å². The number of hydrogen-bond acceptors (Lipinski definition) is 3. The van der Waals surface area contributed by atoms with E-state index in [0.717, 1.165) is 17.8 Å². The number of morpholine rings is 1. The third-order valence-electron chi connectivity index (χ3n) is 3.33. The fourth-order valence-electron chi connectivity index (χ4n) is 2.43. The second kappa shape index (κ2) is 5.67. The van der Waals surface area contributed by atoms with E-state index < -0.39 is 0 Å². The minimum atomic E-state index is -0.149. The third-order valence-corrected chi connectivity index (χ3v) is 3.33. The maximum absolute atomic E-state index is 14.1. The molecular weight excluding hydrogens is 231 g/mol. The molecule has 2 unspecified atom stereocenters. The van der Waals surface area contributed by atoms with Gasteiger partial charge in [-0.3, -0.25) is 0 Å². The van der Waals surface area contributed by atoms with Gasteiger partial charge in [-0.2, -0.15) is 0 Å². The molecule has 0 amide bonds. The Bertz CT molecular complexity index is 411. The summed E-state index contributed by atoms with van der Waals surface area (Å²) in [4.78, 5) is 2.12. The number of rotatable bonds is 3. The second-order valence-corrected chi connectivity index (χ2v) is 4.92. The molecular formula is C14H21FN2O. The summed E-state index contributed by atoms with van der Waals surface area (Å²) < 4.78 is 19.7. The van der Waals surface area contributed by atoms with Crippen LogP contribution in [0.4, 0.5) is 10.1 Å². The monoisotopic (exact) mass is 252 g/mol. The number of anilines is 1. The van der Waals surface area contributed by atoms with Gasteiger partial charge in [0.2, 0.25) is 0 Å². The third kappa shape index (κ3) is 2.65. The Morgan fingerprint density at radius 3 is 2.94 bits per heavy atom. The fraction of sp³-hybridized carbons (Fsp3) is 0.571. The van der Waals surface area contributed by atoms with E-state index in [1.54, 1.807) is 6.07 Å². The molecule has 4 heteroatoms. The van der Waals surface area contributed by atoms with Crippen molar-refractivity contribution in [3.05, 3.63) is 29.6 Å². The van der Waals surface area contributed by atoms with Crippen LogP contribution in [0, 0.1) is 5.82 Å². The van der Waals surface area contributed by atoms with E-state index in [9.17, 15) is 4.39 Å². The Hall–Kier alpha value is -1.13. The van der Waals surface area contributed by atoms with E-state index in [4.69, 9.17) is 4.74 Å². The van der Waals surface area contributed by atoms with Gasteiger partial charge >= 0.3 is 0 Å². The number of halogens is 1. The quantitative estimate of drug-likeness (QED) is 0.892. The summed E-state index contributed by atoms with van der Waals surface area (Å²) in [5, 5.41) is 3.09. The zero-order valence-electron chi connectivity index (χ0n) is 11.2. The highest BCUT2D eigenvalue weighted by atomic mass is 19.1. The van der Waals surface area contributed by atoms with E-state index in [2.05, 4.69) is 17.1 Å². The molecule has 0 aliphatic carbocycles. The number of para-hydroxylation sites is 1. The zero-order chi connectivity index (χ0) is 13.1. The van der Waals surface area contributed by atoms with Crippen LogP contribution in [0.15, 0.2) is 18.2 Å². The van der Waals surface area contributed by atoms with Gasteiger partial charge in [0.25, 0.3) is 0 Å². The summed E-state index contributed by atoms with van der Waals surface area (Å²) in [6.45, 7) is 6.15. The molecule has 0 bridgehead atoms. The van der Waals surface area contributed by atoms with Crippen LogP contribution in [-0.4, -0.2) is 32.3 Å². The van der Waals surface area contributed by atoms with Crippen molar-refractivity contribution in [2.75, 3.05) is 25.1 Å². The first-order chi connectivity index (χ1) is 8.63. The normalized spacial score (nSPS) is 24.3. The van der Waals surface area contributed by atoms with Crippen molar-refractivity contribution in [1.82, 2.24) is 5.32 Å². The largest absolute Gasteiger partial charge is 0.375 e. The highest BCUT2D eigenvalue weighted by molar-refractivity contribution is 5.56. The predicted molar refractivity (Wildman–Crippen MR) is 71.4 cm³/mol. The van der Waals surface area contributed by atoms with Gasteiger partial charge in [0.05, 0.1) is 18.4 Å². The molecule has 1 N–H and O–H groups in total. The number of benzene rings is 1. The van der Waals surface area contributed by atoms with Crippen LogP contribution in [0.3, 0.4) is 0 Å². The SMILES string of the molecule is CNCc1cccc(F)c1N1CC(C)OCC1C. The van der Waals surface area contributed by atoms with Crippen LogP contribution in [0.1, 0.15) is 19.4 Å². The lowest BCUT2D eigenvalue weighted by atomic mass is 10.1. The summed E-state index contributed by atoms with van der Waals surface area (Å²) in [6.07, 6.45) is 0.142. The van der Waals surface area contributed by atoms with E-state index in [1.165, 1.54) is 6.07 Å². The van der Waals surface area contributed by atoms with E-state index >= 15 is 0 Å². The first kappa shape index (κ1) is 13.3. The summed E-state index contributed by atoms with van der Waals surface area (Å²) in [5.41, 5.74) is 1.72. The lowest BCUT2D eigenvalue weighted by Gasteiger charge is -2.39. The molecule has 3 nitrogen and oxygen atoms in total. The molecule has 0 spiro atoms. The molecule has 1 aliphatic heterocycles. The van der Waals surface area contributed by atoms with Gasteiger partial charge in [0.1, 0.15) is 5.82 Å². The van der Waals surface area contributed by atoms with E-state index in [1.807, 2.05) is 20.0 Å². The van der Waals surface area contributed by atoms with Crippen LogP contribution in [0.25, 0.3) is 0 Å². The summed E-state index contributed by atoms with van der Waals surface area (Å²) in [7, 11) is 1.88. The minimum Gasteiger partial charge on any atom is -0.375 e. The van der Waals surface area contributed by atoms with Crippen LogP contribution >= 0.6 is 0 Å². The van der Waals surface area contributed by atoms with Gasteiger partial charge in [-0.15, -0.1) is 0 Å². The topological polar surface area (TPSA) is 24.5 Å². The highest BCUT2D eigenvalue weighted by Gasteiger charge is 2.27. The molecule has 1 fully saturated rings. The lowest BCUT2D eigenvalue weighted by molar-refractivity contribution is 0.0340. The average Bonchev–Trinajstić information content (AvgIpc) is 2.34. The van der Waals surface area contributed by atoms with Gasteiger partial charge < -0.3 is 15.0 Å². The standard InChI is InChI=1S/C14H21FN2O/c1-10-9-18-11(2)8-17(10)14-12(7-16-3)5-4-6-13(14)15/h4-6,10-11,16H,7-9H2,1-3H3. The zero-order valence-corrected chi connectivity index (χ0v) is 11.2. The van der Waals surface area contributed by atoms with Crippen molar-refractivity contribution >= 4 is 5.69 Å². The number of hydrogen-bond donors (Lipinski definition) is 1. The minimum absolute atomic E-state index is 0.142. The average molecular weight is 252 g/mol. The van der Waals surface area contributed by atoms with Gasteiger partial charge in [-0.1, -0.05) is 12.1 Å². The first-order valence-corrected chi connectivity index (χ1v) is 6.43. The summed E-state index contributed by atoms with van der Waals surface area (Å²) in [5.74, 6) is -0.149. The molecule has 100 valence electrons. The number of nitrogens with one attached hydrogen (secondary N) is 1. The molecule has 2 atom stereocenters. The van der Waals surface area contributed by atoms with Crippen LogP contribution < -0.4 is 10.2 Å². The molecule has 1 aromatic carbocycles. The molecule has 0 saturated carbocycles. The van der Waals surface area contributed by atoms with Crippen molar-refractivity contribution in [3.8, 4) is 0 Å². The van der Waals surface area contributed by atoms with Crippen LogP contribution in [-0.2, 0) is 11.3 Å². The second-order valence-electron chi connectivity index (χ2n) is 4.92. The van der Waals surface area contributed by atoms with Crippen molar-refractivity contribution in [3.63, 3.8) is 0 Å². The molecule has 2 rings (SSSR count). The van der Waals surface area contributed by atoms with Gasteiger partial charge in [0, 0.05) is 19.1 Å². The molecule has 1 heterocycles. The van der Waals surface area contributed by atoms with Crippen molar-refractivity contribution < 1.29 is 9.13 Å². The molecule has 0 radical (unpaired) electrons. The first-order valence-electron chi connectivity index (χ1n) is 6.43. The summed E-state index contributed by atoms with van der Waals surface area (Å²) >= 11 is 0. The van der Waals surface area contributed by atoms with E-state index in [-0.39, 0.29) is 18.0 Å². The van der Waals surface area contributed by atoms with Crippen molar-refractivity contribution in [2.45, 2.75) is 32.5 Å². The maximum atomic E-state index is 14.1. The molecule has 1 saturated heterocycles. The van der Waals surface area contributed by atoms with Crippen molar-refractivity contribution in [2.24, 2.45) is 0 Å². The van der Waals surface area contributed by atoms with Crippen LogP contribution in [0.5, 0.6) is 0 Å². The highest BCUT2D eigenvalue weighted by Crippen LogP contribution is 2.28. The Labute approximate surface area is 108 Å². The summed E-state index contributed by atoms with van der Waals surface area (Å²) in [6, 6.07) is 5.47. The molecule has 1 aromatic rings. The smallest absolute Gasteiger partial charge is 0.146 e. The fourth-order valence-corrected chi connectivity index (χ4v) is 2.43. The Kier molecular flexibility index (Phi) is 4.19. The maximum Gasteiger partial charge on any atom is 0.146 e. The Balaban J connectivity index is 2.35. The Morgan fingerprint density at radius 1 is 1.44 bits per heavy atom. The molecule has 18 heavy (non-hydrogen) atoms. The molecule has 1 aliphatic rings. The molecule has 0 aromatic heterocycles. The number of nitrogens with zero attached hydrogens (tertiary/aromatic N) is 1.